The summed E-state index contributed by atoms with van der Waals surface area (Å²) in [7, 11) is 5.57. The summed E-state index contributed by atoms with van der Waals surface area (Å²) < 4.78 is 0. The quantitative estimate of drug-likeness (QED) is 0.654. The zero-order valence-corrected chi connectivity index (χ0v) is 16.0. The fourth-order valence-corrected chi connectivity index (χ4v) is 3.33. The molecular weight excluding hydrogens is 325 g/mol. The average Bonchev–Trinajstić information content (AvgIpc) is 2.58. The van der Waals surface area contributed by atoms with E-state index in [-0.39, 0.29) is 23.9 Å². The molecule has 0 saturated heterocycles. The highest BCUT2D eigenvalue weighted by Gasteiger charge is 2.38. The lowest BCUT2D eigenvalue weighted by atomic mass is 9.71. The Hall–Kier alpha value is -2.43. The third-order valence-electron chi connectivity index (χ3n) is 4.94. The molecule has 5 heteroatoms. The molecule has 1 aromatic rings. The molecule has 1 N–H and O–H groups in total. The van der Waals surface area contributed by atoms with Crippen LogP contribution in [0, 0.1) is 5.41 Å². The summed E-state index contributed by atoms with van der Waals surface area (Å²) in [5, 5.41) is 2.84. The SMILES string of the molecule is [B]Cc1ccc(NC(=O)CC(C)(C)C2=C(C)C(=O)C(C)=C(C)C2=O)cc1. The molecular formula is C21H24BNO3. The number of carbonyl (C=O) groups excluding carboxylic acids is 3. The zero-order chi connectivity index (χ0) is 19.6. The van der Waals surface area contributed by atoms with Gasteiger partial charge in [-0.25, -0.2) is 0 Å². The first kappa shape index (κ1) is 19.9. The van der Waals surface area contributed by atoms with Crippen LogP contribution in [0.4, 0.5) is 5.69 Å². The summed E-state index contributed by atoms with van der Waals surface area (Å²) in [4.78, 5) is 37.6. The minimum Gasteiger partial charge on any atom is -0.326 e. The van der Waals surface area contributed by atoms with E-state index in [4.69, 9.17) is 7.85 Å². The number of Topliss-reactive ketones (excluding diaryl/α,β-unsaturated/α-hetero) is 2. The summed E-state index contributed by atoms with van der Waals surface area (Å²) in [6.45, 7) is 8.64. The van der Waals surface area contributed by atoms with Crippen LogP contribution in [-0.2, 0) is 20.7 Å². The van der Waals surface area contributed by atoms with Crippen molar-refractivity contribution < 1.29 is 14.4 Å². The van der Waals surface area contributed by atoms with Crippen LogP contribution in [0.1, 0.15) is 46.6 Å². The highest BCUT2D eigenvalue weighted by atomic mass is 16.2. The number of hydrogen-bond acceptors (Lipinski definition) is 3. The van der Waals surface area contributed by atoms with Crippen molar-refractivity contribution in [2.45, 2.75) is 47.4 Å². The van der Waals surface area contributed by atoms with Crippen LogP contribution in [0.2, 0.25) is 0 Å². The highest BCUT2D eigenvalue weighted by molar-refractivity contribution is 6.25. The van der Waals surface area contributed by atoms with Gasteiger partial charge in [0.05, 0.1) is 7.85 Å². The van der Waals surface area contributed by atoms with Gasteiger partial charge in [-0.05, 0) is 32.9 Å². The second-order valence-corrected chi connectivity index (χ2v) is 7.42. The molecule has 0 aromatic heterocycles. The summed E-state index contributed by atoms with van der Waals surface area (Å²) in [5.41, 5.74) is 2.71. The predicted octanol–water partition coefficient (Wildman–Crippen LogP) is 3.51. The second kappa shape index (κ2) is 7.44. The van der Waals surface area contributed by atoms with Gasteiger partial charge in [0.25, 0.3) is 0 Å². The van der Waals surface area contributed by atoms with Crippen molar-refractivity contribution in [3.63, 3.8) is 0 Å². The van der Waals surface area contributed by atoms with Gasteiger partial charge in [-0.1, -0.05) is 37.9 Å². The number of benzene rings is 1. The maximum Gasteiger partial charge on any atom is 0.225 e. The molecule has 1 aliphatic carbocycles. The Morgan fingerprint density at radius 2 is 1.50 bits per heavy atom. The Balaban J connectivity index is 2.20. The molecule has 1 aliphatic rings. The van der Waals surface area contributed by atoms with E-state index in [2.05, 4.69) is 5.32 Å². The van der Waals surface area contributed by atoms with Gasteiger partial charge in [0.15, 0.2) is 11.6 Å². The number of anilines is 1. The minimum atomic E-state index is -0.750. The van der Waals surface area contributed by atoms with Gasteiger partial charge in [0.1, 0.15) is 0 Å². The molecule has 0 aliphatic heterocycles. The summed E-state index contributed by atoms with van der Waals surface area (Å²) in [6.07, 6.45) is 0.542. The van der Waals surface area contributed by atoms with E-state index in [1.807, 2.05) is 26.0 Å². The van der Waals surface area contributed by atoms with E-state index in [1.165, 1.54) is 0 Å². The Morgan fingerprint density at radius 1 is 0.962 bits per heavy atom. The van der Waals surface area contributed by atoms with Gasteiger partial charge in [0, 0.05) is 39.8 Å². The normalized spacial score (nSPS) is 15.6. The predicted molar refractivity (Wildman–Crippen MR) is 104 cm³/mol. The van der Waals surface area contributed by atoms with Crippen LogP contribution < -0.4 is 5.32 Å². The Morgan fingerprint density at radius 3 is 2.04 bits per heavy atom. The van der Waals surface area contributed by atoms with Crippen LogP contribution in [0.25, 0.3) is 0 Å². The van der Waals surface area contributed by atoms with Crippen LogP contribution >= 0.6 is 0 Å². The number of hydrogen-bond donors (Lipinski definition) is 1. The summed E-state index contributed by atoms with van der Waals surface area (Å²) >= 11 is 0. The topological polar surface area (TPSA) is 63.2 Å². The maximum atomic E-state index is 12.7. The smallest absolute Gasteiger partial charge is 0.225 e. The molecule has 4 nitrogen and oxygen atoms in total. The molecule has 0 bridgehead atoms. The monoisotopic (exact) mass is 349 g/mol. The first-order valence-electron chi connectivity index (χ1n) is 8.65. The molecule has 2 radical (unpaired) electrons. The van der Waals surface area contributed by atoms with Crippen LogP contribution in [0.15, 0.2) is 46.6 Å². The van der Waals surface area contributed by atoms with Gasteiger partial charge in [-0.2, -0.15) is 0 Å². The van der Waals surface area contributed by atoms with Gasteiger partial charge in [-0.3, -0.25) is 14.4 Å². The van der Waals surface area contributed by atoms with Crippen LogP contribution in [0.3, 0.4) is 0 Å². The van der Waals surface area contributed by atoms with E-state index in [0.717, 1.165) is 5.56 Å². The largest absolute Gasteiger partial charge is 0.326 e. The molecule has 26 heavy (non-hydrogen) atoms. The number of allylic oxidation sites excluding steroid dienone is 4. The molecule has 0 fully saturated rings. The first-order valence-corrected chi connectivity index (χ1v) is 8.65. The molecule has 0 unspecified atom stereocenters. The van der Waals surface area contributed by atoms with Crippen molar-refractivity contribution in [3.8, 4) is 0 Å². The van der Waals surface area contributed by atoms with Crippen LogP contribution in [-0.4, -0.2) is 25.3 Å². The molecule has 0 atom stereocenters. The van der Waals surface area contributed by atoms with Crippen molar-refractivity contribution in [2.75, 3.05) is 5.32 Å². The van der Waals surface area contributed by atoms with Gasteiger partial charge in [0.2, 0.25) is 5.91 Å². The molecule has 134 valence electrons. The number of carbonyl (C=O) groups is 3. The minimum absolute atomic E-state index is 0.101. The third kappa shape index (κ3) is 3.87. The first-order chi connectivity index (χ1) is 12.1. The van der Waals surface area contributed by atoms with Crippen molar-refractivity contribution in [3.05, 3.63) is 52.1 Å². The average molecular weight is 349 g/mol. The van der Waals surface area contributed by atoms with Crippen molar-refractivity contribution in [1.29, 1.82) is 0 Å². The molecule has 2 rings (SSSR count). The van der Waals surface area contributed by atoms with Crippen molar-refractivity contribution >= 4 is 31.0 Å². The fourth-order valence-electron chi connectivity index (χ4n) is 3.33. The molecule has 0 spiro atoms. The van der Waals surface area contributed by atoms with Gasteiger partial charge >= 0.3 is 0 Å². The third-order valence-corrected chi connectivity index (χ3v) is 4.94. The van der Waals surface area contributed by atoms with Crippen molar-refractivity contribution in [1.82, 2.24) is 0 Å². The van der Waals surface area contributed by atoms with Crippen LogP contribution in [0.5, 0.6) is 0 Å². The number of nitrogens with one attached hydrogen (secondary N) is 1. The number of ketones is 2. The van der Waals surface area contributed by atoms with Gasteiger partial charge in [-0.15, -0.1) is 0 Å². The molecule has 0 saturated carbocycles. The fraction of sp³-hybridized carbons (Fsp3) is 0.381. The van der Waals surface area contributed by atoms with E-state index in [9.17, 15) is 14.4 Å². The summed E-state index contributed by atoms with van der Waals surface area (Å²) in [5.74, 6) is -0.479. The van der Waals surface area contributed by atoms with E-state index in [1.54, 1.807) is 32.9 Å². The lowest BCUT2D eigenvalue weighted by Gasteiger charge is -2.31. The van der Waals surface area contributed by atoms with E-state index < -0.39 is 5.41 Å². The maximum absolute atomic E-state index is 12.7. The Bertz CT molecular complexity index is 829. The van der Waals surface area contributed by atoms with Gasteiger partial charge < -0.3 is 5.32 Å². The zero-order valence-electron chi connectivity index (χ0n) is 16.0. The lowest BCUT2D eigenvalue weighted by molar-refractivity contribution is -0.119. The number of rotatable bonds is 5. The standard InChI is InChI=1S/C21H24BNO3/c1-12-13(2)20(26)18(14(3)19(12)25)21(4,5)10-17(24)23-16-8-6-15(11-22)7-9-16/h6-9H,10-11H2,1-5H3,(H,23,24). The Kier molecular flexibility index (Phi) is 5.69. The second-order valence-electron chi connectivity index (χ2n) is 7.42. The molecule has 1 amide bonds. The van der Waals surface area contributed by atoms with E-state index >= 15 is 0 Å². The molecule has 1 aromatic carbocycles. The highest BCUT2D eigenvalue weighted by Crippen LogP contribution is 2.38. The lowest BCUT2D eigenvalue weighted by Crippen LogP contribution is -2.33. The number of amides is 1. The van der Waals surface area contributed by atoms with Crippen molar-refractivity contribution in [2.24, 2.45) is 5.41 Å². The van der Waals surface area contributed by atoms with E-state index in [0.29, 0.717) is 34.3 Å². The summed E-state index contributed by atoms with van der Waals surface area (Å²) in [6, 6.07) is 7.30. The Labute approximate surface area is 156 Å². The molecule has 0 heterocycles.